The molecule has 1 aromatic carbocycles. The van der Waals surface area contributed by atoms with Crippen molar-refractivity contribution in [3.8, 4) is 17.0 Å². The van der Waals surface area contributed by atoms with Gasteiger partial charge in [-0.3, -0.25) is 14.9 Å². The van der Waals surface area contributed by atoms with E-state index in [1.54, 1.807) is 18.2 Å². The number of rotatable bonds is 10. The number of nitrogens with one attached hydrogen (secondary N) is 3. The largest absolute Gasteiger partial charge is 0.491 e. The first-order valence-electron chi connectivity index (χ1n) is 9.72. The molecular weight excluding hydrogens is 418 g/mol. The van der Waals surface area contributed by atoms with E-state index in [0.29, 0.717) is 46.8 Å². The van der Waals surface area contributed by atoms with Gasteiger partial charge in [0, 0.05) is 23.7 Å². The molecule has 0 fully saturated rings. The molecule has 0 saturated carbocycles. The molecular formula is C20H25N7O3S. The Hall–Kier alpha value is -3.47. The number of benzene rings is 1. The highest BCUT2D eigenvalue weighted by molar-refractivity contribution is 7.86. The molecule has 5 N–H and O–H groups in total. The van der Waals surface area contributed by atoms with E-state index in [1.807, 2.05) is 20.8 Å². The number of primary amides is 1. The van der Waals surface area contributed by atoms with Gasteiger partial charge in [0.25, 0.3) is 5.91 Å². The van der Waals surface area contributed by atoms with E-state index < -0.39 is 16.9 Å². The molecule has 1 atom stereocenters. The van der Waals surface area contributed by atoms with Crippen LogP contribution in [0.15, 0.2) is 36.8 Å². The molecule has 0 bridgehead atoms. The van der Waals surface area contributed by atoms with Gasteiger partial charge < -0.3 is 20.5 Å². The second kappa shape index (κ2) is 10.0. The minimum Gasteiger partial charge on any atom is -0.491 e. The number of aromatic nitrogens is 4. The molecule has 1 unspecified atom stereocenters. The molecule has 10 nitrogen and oxygen atoms in total. The summed E-state index contributed by atoms with van der Waals surface area (Å²) < 4.78 is 20.9. The van der Waals surface area contributed by atoms with Gasteiger partial charge >= 0.3 is 0 Å². The van der Waals surface area contributed by atoms with E-state index >= 15 is 0 Å². The number of H-pyrrole nitrogens is 1. The van der Waals surface area contributed by atoms with Gasteiger partial charge in [-0.15, -0.1) is 0 Å². The zero-order valence-corrected chi connectivity index (χ0v) is 18.3. The van der Waals surface area contributed by atoms with Crippen LogP contribution in [0, 0.1) is 5.92 Å². The molecule has 3 aromatic rings. The Bertz CT molecular complexity index is 1070. The monoisotopic (exact) mass is 443 g/mol. The Kier molecular flexibility index (Phi) is 7.19. The van der Waals surface area contributed by atoms with Gasteiger partial charge in [-0.25, -0.2) is 9.19 Å². The van der Waals surface area contributed by atoms with Crippen LogP contribution >= 0.6 is 0 Å². The number of nitrogens with zero attached hydrogens (tertiary/aromatic N) is 3. The molecule has 0 aliphatic carbocycles. The van der Waals surface area contributed by atoms with Crippen LogP contribution in [0.5, 0.6) is 5.75 Å². The van der Waals surface area contributed by atoms with Crippen LogP contribution in [0.1, 0.15) is 31.1 Å². The molecule has 3 rings (SSSR count). The summed E-state index contributed by atoms with van der Waals surface area (Å²) in [5.41, 5.74) is 7.49. The Morgan fingerprint density at radius 2 is 2.13 bits per heavy atom. The van der Waals surface area contributed by atoms with Gasteiger partial charge in [0.2, 0.25) is 0 Å². The third-order valence-corrected chi connectivity index (χ3v) is 5.12. The summed E-state index contributed by atoms with van der Waals surface area (Å²) in [4.78, 5) is 20.3. The number of nitrogens with two attached hydrogens (primary N) is 1. The average molecular weight is 444 g/mol. The lowest BCUT2D eigenvalue weighted by Gasteiger charge is -2.15. The van der Waals surface area contributed by atoms with Crippen LogP contribution in [0.4, 0.5) is 17.3 Å². The van der Waals surface area contributed by atoms with Crippen molar-refractivity contribution >= 4 is 34.2 Å². The lowest BCUT2D eigenvalue weighted by molar-refractivity contribution is 0.100. The van der Waals surface area contributed by atoms with Gasteiger partial charge in [-0.1, -0.05) is 26.8 Å². The smallest absolute Gasteiger partial charge is 0.254 e. The van der Waals surface area contributed by atoms with Crippen LogP contribution in [0.2, 0.25) is 0 Å². The number of ether oxygens (including phenoxy) is 1. The summed E-state index contributed by atoms with van der Waals surface area (Å²) in [7, 11) is -1.23. The molecule has 0 aliphatic rings. The van der Waals surface area contributed by atoms with Crippen LogP contribution in [-0.4, -0.2) is 42.6 Å². The molecule has 2 heterocycles. The minimum absolute atomic E-state index is 0.179. The number of carbonyl (C=O) groups is 1. The van der Waals surface area contributed by atoms with Crippen molar-refractivity contribution in [2.24, 2.45) is 11.7 Å². The van der Waals surface area contributed by atoms with Crippen LogP contribution < -0.4 is 20.5 Å². The Labute approximate surface area is 182 Å². The summed E-state index contributed by atoms with van der Waals surface area (Å²) in [5, 5.41) is 9.99. The van der Waals surface area contributed by atoms with E-state index in [-0.39, 0.29) is 11.4 Å². The number of amides is 1. The lowest BCUT2D eigenvalue weighted by Crippen LogP contribution is -2.14. The van der Waals surface area contributed by atoms with Crippen molar-refractivity contribution in [2.45, 2.75) is 20.8 Å². The highest BCUT2D eigenvalue weighted by Gasteiger charge is 2.21. The summed E-state index contributed by atoms with van der Waals surface area (Å²) >= 11 is 0. The number of carbonyl (C=O) groups excluding carboxylic acids is 1. The molecule has 0 aliphatic heterocycles. The number of anilines is 3. The maximum atomic E-state index is 12.2. The van der Waals surface area contributed by atoms with Crippen LogP contribution in [-0.2, 0) is 11.0 Å². The van der Waals surface area contributed by atoms with E-state index in [1.165, 1.54) is 18.6 Å². The maximum absolute atomic E-state index is 12.2. The zero-order chi connectivity index (χ0) is 22.4. The molecule has 0 radical (unpaired) electrons. The summed E-state index contributed by atoms with van der Waals surface area (Å²) in [5.74, 6) is 1.27. The standard InChI is InChI=1S/C20H25N7O3S/c1-4-31(29)27-14-6-5-13(9-15(14)30-11-12(2)3)18-17(19(21)28)20(26-25-18)24-16-10-22-7-8-23-16/h5-10,12,27H,4,11H2,1-3H3,(H2,21,28)(H2,23,24,25,26). The van der Waals surface area contributed by atoms with Crippen molar-refractivity contribution in [2.75, 3.05) is 22.4 Å². The zero-order valence-electron chi connectivity index (χ0n) is 17.5. The molecule has 164 valence electrons. The molecule has 1 amide bonds. The fourth-order valence-corrected chi connectivity index (χ4v) is 3.26. The van der Waals surface area contributed by atoms with Crippen molar-refractivity contribution in [3.63, 3.8) is 0 Å². The first-order chi connectivity index (χ1) is 14.9. The summed E-state index contributed by atoms with van der Waals surface area (Å²) in [6.45, 7) is 6.36. The van der Waals surface area contributed by atoms with Crippen molar-refractivity contribution in [1.82, 2.24) is 20.2 Å². The lowest BCUT2D eigenvalue weighted by atomic mass is 10.1. The predicted molar refractivity (Wildman–Crippen MR) is 120 cm³/mol. The van der Waals surface area contributed by atoms with Gasteiger partial charge in [0.15, 0.2) is 5.82 Å². The quantitative estimate of drug-likeness (QED) is 0.376. The third-order valence-electron chi connectivity index (χ3n) is 4.15. The van der Waals surface area contributed by atoms with E-state index in [2.05, 4.69) is 30.2 Å². The van der Waals surface area contributed by atoms with Gasteiger partial charge in [-0.05, 0) is 18.1 Å². The van der Waals surface area contributed by atoms with Gasteiger partial charge in [0.05, 0.1) is 24.2 Å². The molecule has 11 heteroatoms. The number of hydrogen-bond donors (Lipinski definition) is 4. The number of hydrogen-bond acceptors (Lipinski definition) is 7. The Morgan fingerprint density at radius 3 is 2.77 bits per heavy atom. The SMILES string of the molecule is CCS(=O)Nc1ccc(-c2[nH]nc(Nc3cnccn3)c2C(N)=O)cc1OCC(C)C. The fraction of sp³-hybridized carbons (Fsp3) is 0.300. The fourth-order valence-electron chi connectivity index (χ4n) is 2.70. The molecule has 2 aromatic heterocycles. The molecule has 0 saturated heterocycles. The Balaban J connectivity index is 2.00. The Morgan fingerprint density at radius 1 is 1.32 bits per heavy atom. The normalized spacial score (nSPS) is 11.9. The second-order valence-corrected chi connectivity index (χ2v) is 8.53. The van der Waals surface area contributed by atoms with Crippen molar-refractivity contribution < 1.29 is 13.7 Å². The highest BCUT2D eigenvalue weighted by Crippen LogP contribution is 2.34. The van der Waals surface area contributed by atoms with Gasteiger partial charge in [0.1, 0.15) is 28.1 Å². The summed E-state index contributed by atoms with van der Waals surface area (Å²) in [6.07, 6.45) is 4.56. The maximum Gasteiger partial charge on any atom is 0.254 e. The second-order valence-electron chi connectivity index (χ2n) is 7.05. The third kappa shape index (κ3) is 5.57. The average Bonchev–Trinajstić information content (AvgIpc) is 3.17. The minimum atomic E-state index is -1.23. The highest BCUT2D eigenvalue weighted by atomic mass is 32.2. The predicted octanol–water partition coefficient (Wildman–Crippen LogP) is 2.84. The van der Waals surface area contributed by atoms with Crippen molar-refractivity contribution in [3.05, 3.63) is 42.4 Å². The first-order valence-corrected chi connectivity index (χ1v) is 11.0. The van der Waals surface area contributed by atoms with E-state index in [4.69, 9.17) is 10.5 Å². The summed E-state index contributed by atoms with van der Waals surface area (Å²) in [6, 6.07) is 5.27. The van der Waals surface area contributed by atoms with Crippen LogP contribution in [0.25, 0.3) is 11.3 Å². The number of aromatic amines is 1. The topological polar surface area (TPSA) is 148 Å². The molecule has 0 spiro atoms. The van der Waals surface area contributed by atoms with E-state index in [9.17, 15) is 9.00 Å². The van der Waals surface area contributed by atoms with Gasteiger partial charge in [-0.2, -0.15) is 5.10 Å². The van der Waals surface area contributed by atoms with Crippen molar-refractivity contribution in [1.29, 1.82) is 0 Å². The molecule has 31 heavy (non-hydrogen) atoms. The van der Waals surface area contributed by atoms with E-state index in [0.717, 1.165) is 0 Å². The first kappa shape index (κ1) is 22.2. The van der Waals surface area contributed by atoms with Crippen LogP contribution in [0.3, 0.4) is 0 Å².